The van der Waals surface area contributed by atoms with Crippen LogP contribution >= 0.6 is 0 Å². The minimum atomic E-state index is 0.873. The Bertz CT molecular complexity index is 2830. The van der Waals surface area contributed by atoms with Crippen LogP contribution in [0.15, 0.2) is 199 Å². The summed E-state index contributed by atoms with van der Waals surface area (Å²) in [6, 6.07) is 69.1. The van der Waals surface area contributed by atoms with E-state index >= 15 is 0 Å². The summed E-state index contributed by atoms with van der Waals surface area (Å²) in [6.07, 6.45) is 0. The number of furan rings is 1. The van der Waals surface area contributed by atoms with Crippen LogP contribution in [0.3, 0.4) is 0 Å². The Morgan fingerprint density at radius 2 is 0.980 bits per heavy atom. The highest BCUT2D eigenvalue weighted by Crippen LogP contribution is 2.44. The number of anilines is 3. The summed E-state index contributed by atoms with van der Waals surface area (Å²) in [7, 11) is 0. The number of para-hydroxylation sites is 5. The van der Waals surface area contributed by atoms with Gasteiger partial charge < -0.3 is 13.9 Å². The van der Waals surface area contributed by atoms with Gasteiger partial charge in [0.25, 0.3) is 0 Å². The standard InChI is InChI=1S/C48H32N2O/c1-4-15-33(16-5-1)42-32-46-43(38-21-10-12-24-44(38)50(46)36-19-8-3-9-20-36)31-41(42)34-27-29-37(30-28-34)49(35-17-6-2-7-18-35)45-25-14-23-40-39-22-11-13-26-47(39)51-48(40)45/h1-32H. The topological polar surface area (TPSA) is 21.3 Å². The monoisotopic (exact) mass is 652 g/mol. The van der Waals surface area contributed by atoms with Crippen LogP contribution in [0.25, 0.3) is 71.7 Å². The second kappa shape index (κ2) is 11.9. The fourth-order valence-corrected chi connectivity index (χ4v) is 7.67. The van der Waals surface area contributed by atoms with Crippen molar-refractivity contribution in [1.82, 2.24) is 4.57 Å². The molecule has 0 fully saturated rings. The van der Waals surface area contributed by atoms with E-state index in [9.17, 15) is 0 Å². The highest BCUT2D eigenvalue weighted by atomic mass is 16.3. The van der Waals surface area contributed by atoms with Crippen molar-refractivity contribution in [2.24, 2.45) is 0 Å². The average Bonchev–Trinajstić information content (AvgIpc) is 3.75. The fraction of sp³-hybridized carbons (Fsp3) is 0. The van der Waals surface area contributed by atoms with Crippen LogP contribution in [0.4, 0.5) is 17.1 Å². The first kappa shape index (κ1) is 29.1. The van der Waals surface area contributed by atoms with Crippen LogP contribution in [-0.4, -0.2) is 4.57 Å². The van der Waals surface area contributed by atoms with E-state index in [1.807, 2.05) is 12.1 Å². The maximum Gasteiger partial charge on any atom is 0.159 e. The Hall–Kier alpha value is -6.84. The van der Waals surface area contributed by atoms with Crippen molar-refractivity contribution in [3.8, 4) is 27.9 Å². The Balaban J connectivity index is 1.17. The molecule has 2 aromatic heterocycles. The molecule has 0 aliphatic heterocycles. The van der Waals surface area contributed by atoms with Gasteiger partial charge in [-0.2, -0.15) is 0 Å². The van der Waals surface area contributed by atoms with E-state index in [0.717, 1.165) is 50.3 Å². The third-order valence-corrected chi connectivity index (χ3v) is 9.99. The summed E-state index contributed by atoms with van der Waals surface area (Å²) in [6.45, 7) is 0. The average molecular weight is 653 g/mol. The molecule has 0 spiro atoms. The zero-order valence-electron chi connectivity index (χ0n) is 27.8. The lowest BCUT2D eigenvalue weighted by atomic mass is 9.92. The zero-order chi connectivity index (χ0) is 33.7. The summed E-state index contributed by atoms with van der Waals surface area (Å²) < 4.78 is 8.92. The second-order valence-electron chi connectivity index (χ2n) is 12.9. The molecule has 0 aliphatic carbocycles. The molecule has 10 aromatic rings. The van der Waals surface area contributed by atoms with Gasteiger partial charge in [-0.25, -0.2) is 0 Å². The van der Waals surface area contributed by atoms with Gasteiger partial charge in [0.15, 0.2) is 5.58 Å². The van der Waals surface area contributed by atoms with E-state index < -0.39 is 0 Å². The van der Waals surface area contributed by atoms with E-state index in [0.29, 0.717) is 0 Å². The van der Waals surface area contributed by atoms with Gasteiger partial charge in [-0.3, -0.25) is 0 Å². The molecular weight excluding hydrogens is 621 g/mol. The minimum Gasteiger partial charge on any atom is -0.454 e. The number of nitrogens with zero attached hydrogens (tertiary/aromatic N) is 2. The molecule has 51 heavy (non-hydrogen) atoms. The minimum absolute atomic E-state index is 0.873. The van der Waals surface area contributed by atoms with Crippen LogP contribution in [0.5, 0.6) is 0 Å². The van der Waals surface area contributed by atoms with Crippen LogP contribution in [0.2, 0.25) is 0 Å². The number of rotatable bonds is 6. The van der Waals surface area contributed by atoms with Gasteiger partial charge in [0.2, 0.25) is 0 Å². The third kappa shape index (κ3) is 4.82. The Morgan fingerprint density at radius 1 is 0.392 bits per heavy atom. The Labute approximate surface area is 295 Å². The lowest BCUT2D eigenvalue weighted by Gasteiger charge is -2.25. The van der Waals surface area contributed by atoms with E-state index in [4.69, 9.17) is 4.42 Å². The molecule has 0 bridgehead atoms. The predicted octanol–water partition coefficient (Wildman–Crippen LogP) is 13.5. The molecule has 0 saturated carbocycles. The number of hydrogen-bond acceptors (Lipinski definition) is 2. The number of fused-ring (bicyclic) bond motifs is 6. The highest BCUT2D eigenvalue weighted by Gasteiger charge is 2.21. The molecule has 0 aliphatic rings. The van der Waals surface area contributed by atoms with Gasteiger partial charge in [-0.05, 0) is 89.0 Å². The first-order chi connectivity index (χ1) is 25.3. The molecule has 10 rings (SSSR count). The van der Waals surface area contributed by atoms with E-state index in [2.05, 4.69) is 191 Å². The van der Waals surface area contributed by atoms with Gasteiger partial charge in [-0.1, -0.05) is 127 Å². The zero-order valence-corrected chi connectivity index (χ0v) is 27.8. The smallest absolute Gasteiger partial charge is 0.159 e. The highest BCUT2D eigenvalue weighted by molar-refractivity contribution is 6.13. The van der Waals surface area contributed by atoms with E-state index in [1.165, 1.54) is 38.5 Å². The molecule has 3 heteroatoms. The largest absolute Gasteiger partial charge is 0.454 e. The molecular formula is C48H32N2O. The molecule has 0 amide bonds. The SMILES string of the molecule is c1ccc(-c2cc3c(cc2-c2ccc(N(c4ccccc4)c4cccc5c4oc4ccccc45)cc2)c2ccccc2n3-c2ccccc2)cc1. The van der Waals surface area contributed by atoms with Crippen molar-refractivity contribution in [2.75, 3.05) is 4.90 Å². The number of aromatic nitrogens is 1. The fourth-order valence-electron chi connectivity index (χ4n) is 7.67. The van der Waals surface area contributed by atoms with Crippen LogP contribution in [-0.2, 0) is 0 Å². The molecule has 8 aromatic carbocycles. The second-order valence-corrected chi connectivity index (χ2v) is 12.9. The van der Waals surface area contributed by atoms with Crippen LogP contribution < -0.4 is 4.90 Å². The quantitative estimate of drug-likeness (QED) is 0.178. The first-order valence-corrected chi connectivity index (χ1v) is 17.4. The number of hydrogen-bond donors (Lipinski definition) is 0. The maximum absolute atomic E-state index is 6.53. The Kier molecular flexibility index (Phi) is 6.81. The van der Waals surface area contributed by atoms with Crippen molar-refractivity contribution in [2.45, 2.75) is 0 Å². The summed E-state index contributed by atoms with van der Waals surface area (Å²) in [5, 5.41) is 4.70. The summed E-state index contributed by atoms with van der Waals surface area (Å²) >= 11 is 0. The van der Waals surface area contributed by atoms with Crippen molar-refractivity contribution in [3.63, 3.8) is 0 Å². The van der Waals surface area contributed by atoms with Crippen molar-refractivity contribution < 1.29 is 4.42 Å². The predicted molar refractivity (Wildman–Crippen MR) is 214 cm³/mol. The van der Waals surface area contributed by atoms with Crippen LogP contribution in [0, 0.1) is 0 Å². The molecule has 0 radical (unpaired) electrons. The van der Waals surface area contributed by atoms with Gasteiger partial charge in [0.1, 0.15) is 5.58 Å². The van der Waals surface area contributed by atoms with Crippen molar-refractivity contribution >= 4 is 60.8 Å². The summed E-state index contributed by atoms with van der Waals surface area (Å²) in [4.78, 5) is 2.29. The van der Waals surface area contributed by atoms with Gasteiger partial charge in [0, 0.05) is 38.6 Å². The molecule has 0 atom stereocenters. The summed E-state index contributed by atoms with van der Waals surface area (Å²) in [5.41, 5.74) is 13.2. The molecule has 2 heterocycles. The normalized spacial score (nSPS) is 11.5. The van der Waals surface area contributed by atoms with E-state index in [-0.39, 0.29) is 0 Å². The molecule has 0 saturated heterocycles. The lowest BCUT2D eigenvalue weighted by Crippen LogP contribution is -2.10. The Morgan fingerprint density at radius 3 is 1.76 bits per heavy atom. The third-order valence-electron chi connectivity index (χ3n) is 9.99. The van der Waals surface area contributed by atoms with E-state index in [1.54, 1.807) is 0 Å². The van der Waals surface area contributed by atoms with Gasteiger partial charge in [-0.15, -0.1) is 0 Å². The van der Waals surface area contributed by atoms with Crippen molar-refractivity contribution in [3.05, 3.63) is 194 Å². The lowest BCUT2D eigenvalue weighted by molar-refractivity contribution is 0.669. The number of benzene rings is 8. The van der Waals surface area contributed by atoms with Crippen molar-refractivity contribution in [1.29, 1.82) is 0 Å². The molecule has 0 unspecified atom stereocenters. The first-order valence-electron chi connectivity index (χ1n) is 17.4. The molecule has 3 nitrogen and oxygen atoms in total. The van der Waals surface area contributed by atoms with Crippen LogP contribution in [0.1, 0.15) is 0 Å². The maximum atomic E-state index is 6.53. The molecule has 0 N–H and O–H groups in total. The van der Waals surface area contributed by atoms with Gasteiger partial charge in [0.05, 0.1) is 16.7 Å². The van der Waals surface area contributed by atoms with Gasteiger partial charge >= 0.3 is 0 Å². The molecule has 240 valence electrons. The summed E-state index contributed by atoms with van der Waals surface area (Å²) in [5.74, 6) is 0.